The van der Waals surface area contributed by atoms with Gasteiger partial charge >= 0.3 is 5.69 Å². The van der Waals surface area contributed by atoms with E-state index in [0.29, 0.717) is 47.9 Å². The summed E-state index contributed by atoms with van der Waals surface area (Å²) in [5.41, 5.74) is 3.39. The lowest BCUT2D eigenvalue weighted by Crippen LogP contribution is -2.54. The average molecular weight is 591 g/mol. The molecule has 2 fully saturated rings. The Morgan fingerprint density at radius 3 is 2.33 bits per heavy atom. The molecule has 0 spiro atoms. The fraction of sp³-hybridized carbons (Fsp3) is 0.515. The number of nitrogens with zero attached hydrogens (tertiary/aromatic N) is 6. The predicted molar refractivity (Wildman–Crippen MR) is 172 cm³/mol. The summed E-state index contributed by atoms with van der Waals surface area (Å²) < 4.78 is 1.70. The van der Waals surface area contributed by atoms with Crippen LogP contribution in [-0.4, -0.2) is 64.1 Å². The van der Waals surface area contributed by atoms with Gasteiger partial charge in [-0.1, -0.05) is 71.0 Å². The van der Waals surface area contributed by atoms with Gasteiger partial charge in [0.15, 0.2) is 5.65 Å². The Morgan fingerprint density at radius 2 is 1.76 bits per heavy atom. The molecule has 0 aliphatic carbocycles. The minimum atomic E-state index is -0.361. The van der Waals surface area contributed by atoms with E-state index in [1.807, 2.05) is 13.0 Å². The molecule has 5 rings (SSSR count). The first-order valence-corrected chi connectivity index (χ1v) is 15.5. The SMILES string of the molecule is C=CC(=O)N1CCN(c2nc(=O)n(-c3c(CC)cccc3CC)c3nc(N4CCC(C(C)(C)C)C4)c(Cl)cc23)[C@@H](C)C1. The smallest absolute Gasteiger partial charge is 0.355 e. The van der Waals surface area contributed by atoms with Crippen molar-refractivity contribution in [2.24, 2.45) is 11.3 Å². The number of piperazine rings is 1. The fourth-order valence-corrected chi connectivity index (χ4v) is 6.77. The fourth-order valence-electron chi connectivity index (χ4n) is 6.50. The van der Waals surface area contributed by atoms with Crippen molar-refractivity contribution in [3.63, 3.8) is 0 Å². The van der Waals surface area contributed by atoms with Gasteiger partial charge in [0.1, 0.15) is 11.6 Å². The Morgan fingerprint density at radius 1 is 1.07 bits per heavy atom. The van der Waals surface area contributed by atoms with Gasteiger partial charge in [0, 0.05) is 38.8 Å². The number of halogens is 1. The van der Waals surface area contributed by atoms with E-state index in [2.05, 4.69) is 69.2 Å². The molecule has 42 heavy (non-hydrogen) atoms. The second-order valence-corrected chi connectivity index (χ2v) is 13.1. The minimum Gasteiger partial charge on any atom is -0.355 e. The van der Waals surface area contributed by atoms with Gasteiger partial charge in [-0.2, -0.15) is 4.98 Å². The lowest BCUT2D eigenvalue weighted by Gasteiger charge is -2.40. The van der Waals surface area contributed by atoms with E-state index in [1.165, 1.54) is 6.08 Å². The van der Waals surface area contributed by atoms with Gasteiger partial charge < -0.3 is 14.7 Å². The molecule has 224 valence electrons. The number of carbonyl (C=O) groups excluding carboxylic acids is 1. The van der Waals surface area contributed by atoms with Crippen molar-refractivity contribution in [1.82, 2.24) is 19.4 Å². The van der Waals surface area contributed by atoms with Gasteiger partial charge in [0.05, 0.1) is 16.1 Å². The zero-order valence-corrected chi connectivity index (χ0v) is 26.5. The quantitative estimate of drug-likeness (QED) is 0.345. The molecule has 2 atom stereocenters. The molecule has 0 radical (unpaired) electrons. The van der Waals surface area contributed by atoms with Crippen molar-refractivity contribution in [1.29, 1.82) is 0 Å². The van der Waals surface area contributed by atoms with Crippen LogP contribution in [0.2, 0.25) is 5.02 Å². The number of anilines is 2. The number of aryl methyl sites for hydroxylation is 2. The van der Waals surface area contributed by atoms with Crippen molar-refractivity contribution in [3.8, 4) is 5.69 Å². The highest BCUT2D eigenvalue weighted by Crippen LogP contribution is 2.39. The lowest BCUT2D eigenvalue weighted by molar-refractivity contribution is -0.126. The summed E-state index contributed by atoms with van der Waals surface area (Å²) in [6, 6.07) is 8.07. The van der Waals surface area contributed by atoms with Crippen LogP contribution in [0.4, 0.5) is 11.6 Å². The lowest BCUT2D eigenvalue weighted by atomic mass is 9.80. The van der Waals surface area contributed by atoms with E-state index in [4.69, 9.17) is 21.6 Å². The van der Waals surface area contributed by atoms with Crippen LogP contribution in [0, 0.1) is 11.3 Å². The van der Waals surface area contributed by atoms with Crippen molar-refractivity contribution in [2.75, 3.05) is 42.5 Å². The number of carbonyl (C=O) groups is 1. The van der Waals surface area contributed by atoms with Crippen molar-refractivity contribution < 1.29 is 4.79 Å². The summed E-state index contributed by atoms with van der Waals surface area (Å²) in [6.45, 7) is 20.0. The van der Waals surface area contributed by atoms with Crippen LogP contribution >= 0.6 is 11.6 Å². The molecule has 2 aromatic heterocycles. The first kappa shape index (κ1) is 30.1. The number of hydrogen-bond acceptors (Lipinski definition) is 6. The molecule has 2 saturated heterocycles. The normalized spacial score (nSPS) is 19.5. The topological polar surface area (TPSA) is 74.6 Å². The molecule has 0 saturated carbocycles. The largest absolute Gasteiger partial charge is 0.355 e. The highest BCUT2D eigenvalue weighted by atomic mass is 35.5. The molecule has 1 aromatic carbocycles. The standard InChI is InChI=1S/C33H43ClN6O2/c1-8-22-12-11-13-23(9-2)28(22)40-30-25(18-26(34)31(35-30)38-15-14-24(20-38)33(5,6)7)29(36-32(40)42)39-17-16-37(19-21(39)4)27(41)10-3/h10-13,18,21,24H,3,8-9,14-17,19-20H2,1-2,4-7H3/t21-,24?/m0/s1. The third-order valence-corrected chi connectivity index (χ3v) is 9.35. The number of rotatable bonds is 6. The van der Waals surface area contributed by atoms with Crippen molar-refractivity contribution in [2.45, 2.75) is 66.8 Å². The van der Waals surface area contributed by atoms with Gasteiger partial charge in [-0.15, -0.1) is 0 Å². The van der Waals surface area contributed by atoms with Gasteiger partial charge in [0.2, 0.25) is 5.91 Å². The molecule has 8 nitrogen and oxygen atoms in total. The summed E-state index contributed by atoms with van der Waals surface area (Å²) in [6.07, 6.45) is 3.96. The number of pyridine rings is 1. The first-order valence-electron chi connectivity index (χ1n) is 15.2. The van der Waals surface area contributed by atoms with Crippen LogP contribution in [0.25, 0.3) is 16.7 Å². The van der Waals surface area contributed by atoms with Gasteiger partial charge in [0.25, 0.3) is 0 Å². The highest BCUT2D eigenvalue weighted by molar-refractivity contribution is 6.33. The molecule has 4 heterocycles. The second-order valence-electron chi connectivity index (χ2n) is 12.7. The Kier molecular flexibility index (Phi) is 8.39. The Balaban J connectivity index is 1.73. The summed E-state index contributed by atoms with van der Waals surface area (Å²) >= 11 is 7.03. The third kappa shape index (κ3) is 5.41. The summed E-state index contributed by atoms with van der Waals surface area (Å²) in [5.74, 6) is 1.70. The zero-order valence-electron chi connectivity index (χ0n) is 25.8. The third-order valence-electron chi connectivity index (χ3n) is 9.07. The number of fused-ring (bicyclic) bond motifs is 1. The molecule has 3 aromatic rings. The van der Waals surface area contributed by atoms with Crippen LogP contribution in [0.5, 0.6) is 0 Å². The molecule has 9 heteroatoms. The Labute approximate surface area is 254 Å². The zero-order chi connectivity index (χ0) is 30.3. The molecule has 2 aliphatic heterocycles. The maximum atomic E-state index is 14.1. The second kappa shape index (κ2) is 11.7. The number of benzene rings is 1. The number of amides is 1. The van der Waals surface area contributed by atoms with Gasteiger partial charge in [-0.3, -0.25) is 4.79 Å². The Bertz CT molecular complexity index is 1550. The van der Waals surface area contributed by atoms with Crippen LogP contribution < -0.4 is 15.5 Å². The predicted octanol–water partition coefficient (Wildman–Crippen LogP) is 5.65. The van der Waals surface area contributed by atoms with E-state index in [-0.39, 0.29) is 23.1 Å². The van der Waals surface area contributed by atoms with Gasteiger partial charge in [-0.05, 0) is 60.8 Å². The van der Waals surface area contributed by atoms with Crippen LogP contribution in [-0.2, 0) is 17.6 Å². The molecular weight excluding hydrogens is 548 g/mol. The molecule has 2 aliphatic rings. The van der Waals surface area contributed by atoms with Crippen molar-refractivity contribution in [3.05, 3.63) is 63.6 Å². The molecule has 1 amide bonds. The highest BCUT2D eigenvalue weighted by Gasteiger charge is 2.34. The van der Waals surface area contributed by atoms with E-state index >= 15 is 0 Å². The van der Waals surface area contributed by atoms with Crippen LogP contribution in [0.3, 0.4) is 0 Å². The maximum Gasteiger partial charge on any atom is 0.355 e. The molecule has 1 unspecified atom stereocenters. The summed E-state index contributed by atoms with van der Waals surface area (Å²) in [4.78, 5) is 42.5. The van der Waals surface area contributed by atoms with E-state index < -0.39 is 0 Å². The van der Waals surface area contributed by atoms with Crippen molar-refractivity contribution >= 4 is 40.2 Å². The monoisotopic (exact) mass is 590 g/mol. The van der Waals surface area contributed by atoms with E-state index in [9.17, 15) is 9.59 Å². The minimum absolute atomic E-state index is 0.0627. The van der Waals surface area contributed by atoms with E-state index in [0.717, 1.165) is 54.6 Å². The number of aromatic nitrogens is 3. The summed E-state index contributed by atoms with van der Waals surface area (Å²) in [5, 5.41) is 1.29. The molecular formula is C33H43ClN6O2. The maximum absolute atomic E-state index is 14.1. The molecule has 0 bridgehead atoms. The molecule has 0 N–H and O–H groups in total. The Hall–Kier alpha value is -3.39. The van der Waals surface area contributed by atoms with Crippen LogP contribution in [0.15, 0.2) is 41.7 Å². The number of para-hydroxylation sites is 1. The summed E-state index contributed by atoms with van der Waals surface area (Å²) in [7, 11) is 0. The first-order chi connectivity index (χ1) is 20.0. The van der Waals surface area contributed by atoms with Gasteiger partial charge in [-0.25, -0.2) is 14.3 Å². The number of hydrogen-bond donors (Lipinski definition) is 0. The van der Waals surface area contributed by atoms with E-state index in [1.54, 1.807) is 9.47 Å². The van der Waals surface area contributed by atoms with Crippen LogP contribution in [0.1, 0.15) is 59.1 Å². The average Bonchev–Trinajstić information content (AvgIpc) is 3.47.